The third kappa shape index (κ3) is 3.05. The lowest BCUT2D eigenvalue weighted by atomic mass is 9.87. The number of rotatable bonds is 4. The highest BCUT2D eigenvalue weighted by Gasteiger charge is 2.32. The molecule has 4 nitrogen and oxygen atoms in total. The van der Waals surface area contributed by atoms with Crippen molar-refractivity contribution >= 4 is 21.6 Å². The van der Waals surface area contributed by atoms with E-state index in [0.717, 1.165) is 25.7 Å². The Hall–Kier alpha value is -0.520. The molecule has 20 heavy (non-hydrogen) atoms. The van der Waals surface area contributed by atoms with Gasteiger partial charge in [0.1, 0.15) is 16.4 Å². The summed E-state index contributed by atoms with van der Waals surface area (Å²) >= 11 is 5.70. The predicted octanol–water partition coefficient (Wildman–Crippen LogP) is 3.53. The molecule has 0 aromatic carbocycles. The SMILES string of the molecule is Cc1oc(CCl)cc1S(=O)(=O)N(C)C1CCC(C)CC1. The third-order valence-corrected chi connectivity index (χ3v) is 6.49. The molecule has 1 aliphatic carbocycles. The van der Waals surface area contributed by atoms with Crippen molar-refractivity contribution in [2.24, 2.45) is 5.92 Å². The largest absolute Gasteiger partial charge is 0.464 e. The molecule has 1 saturated carbocycles. The van der Waals surface area contributed by atoms with Gasteiger partial charge in [0.25, 0.3) is 0 Å². The Balaban J connectivity index is 2.22. The zero-order valence-corrected chi connectivity index (χ0v) is 13.8. The summed E-state index contributed by atoms with van der Waals surface area (Å²) in [6, 6.07) is 1.63. The zero-order chi connectivity index (χ0) is 14.9. The molecule has 1 fully saturated rings. The second kappa shape index (κ2) is 6.08. The maximum atomic E-state index is 12.7. The summed E-state index contributed by atoms with van der Waals surface area (Å²) in [6.45, 7) is 3.89. The van der Waals surface area contributed by atoms with Crippen molar-refractivity contribution in [3.63, 3.8) is 0 Å². The van der Waals surface area contributed by atoms with Crippen LogP contribution in [0.15, 0.2) is 15.4 Å². The Morgan fingerprint density at radius 2 is 1.95 bits per heavy atom. The molecule has 0 amide bonds. The first-order chi connectivity index (χ1) is 9.36. The van der Waals surface area contributed by atoms with Gasteiger partial charge >= 0.3 is 0 Å². The number of sulfonamides is 1. The molecular formula is C14H22ClNO3S. The van der Waals surface area contributed by atoms with Crippen LogP contribution in [0.5, 0.6) is 0 Å². The van der Waals surface area contributed by atoms with Gasteiger partial charge in [-0.25, -0.2) is 8.42 Å². The highest BCUT2D eigenvalue weighted by molar-refractivity contribution is 7.89. The number of aryl methyl sites for hydroxylation is 1. The monoisotopic (exact) mass is 319 g/mol. The molecule has 1 aromatic heterocycles. The highest BCUT2D eigenvalue weighted by atomic mass is 35.5. The summed E-state index contributed by atoms with van der Waals surface area (Å²) in [5, 5.41) is 0. The maximum absolute atomic E-state index is 12.7. The lowest BCUT2D eigenvalue weighted by Crippen LogP contribution is -2.39. The number of alkyl halides is 1. The molecule has 1 aromatic rings. The number of nitrogens with zero attached hydrogens (tertiary/aromatic N) is 1. The first kappa shape index (κ1) is 15.9. The molecule has 0 aliphatic heterocycles. The van der Waals surface area contributed by atoms with Gasteiger partial charge in [-0.15, -0.1) is 11.6 Å². The molecule has 2 rings (SSSR count). The first-order valence-electron chi connectivity index (χ1n) is 6.99. The molecular weight excluding hydrogens is 298 g/mol. The van der Waals surface area contributed by atoms with E-state index in [1.54, 1.807) is 20.0 Å². The minimum absolute atomic E-state index is 0.0879. The molecule has 0 unspecified atom stereocenters. The van der Waals surface area contributed by atoms with Crippen molar-refractivity contribution in [1.82, 2.24) is 4.31 Å². The molecule has 114 valence electrons. The topological polar surface area (TPSA) is 50.5 Å². The van der Waals surface area contributed by atoms with Gasteiger partial charge in [-0.2, -0.15) is 4.31 Å². The van der Waals surface area contributed by atoms with Crippen LogP contribution in [0.3, 0.4) is 0 Å². The van der Waals surface area contributed by atoms with E-state index in [0.29, 0.717) is 17.4 Å². The highest BCUT2D eigenvalue weighted by Crippen LogP contribution is 2.31. The Morgan fingerprint density at radius 3 is 2.45 bits per heavy atom. The average Bonchev–Trinajstić information content (AvgIpc) is 2.81. The van der Waals surface area contributed by atoms with E-state index in [2.05, 4.69) is 6.92 Å². The first-order valence-corrected chi connectivity index (χ1v) is 8.97. The molecule has 0 bridgehead atoms. The molecule has 1 aliphatic rings. The quantitative estimate of drug-likeness (QED) is 0.798. The summed E-state index contributed by atoms with van der Waals surface area (Å²) in [7, 11) is -1.83. The number of halogens is 1. The smallest absolute Gasteiger partial charge is 0.246 e. The summed E-state index contributed by atoms with van der Waals surface area (Å²) in [6.07, 6.45) is 4.02. The molecule has 0 N–H and O–H groups in total. The van der Waals surface area contributed by atoms with Gasteiger partial charge < -0.3 is 4.42 Å². The van der Waals surface area contributed by atoms with Crippen LogP contribution in [0.4, 0.5) is 0 Å². The molecule has 0 radical (unpaired) electrons. The van der Waals surface area contributed by atoms with Gasteiger partial charge in [0.2, 0.25) is 10.0 Å². The second-order valence-electron chi connectivity index (χ2n) is 5.70. The van der Waals surface area contributed by atoms with E-state index < -0.39 is 10.0 Å². The van der Waals surface area contributed by atoms with Crippen LogP contribution in [0.25, 0.3) is 0 Å². The van der Waals surface area contributed by atoms with Gasteiger partial charge in [-0.1, -0.05) is 6.92 Å². The molecule has 6 heteroatoms. The number of hydrogen-bond acceptors (Lipinski definition) is 3. The lowest BCUT2D eigenvalue weighted by molar-refractivity contribution is 0.246. The van der Waals surface area contributed by atoms with Gasteiger partial charge in [-0.3, -0.25) is 0 Å². The fourth-order valence-electron chi connectivity index (χ4n) is 2.80. The minimum Gasteiger partial charge on any atom is -0.464 e. The maximum Gasteiger partial charge on any atom is 0.246 e. The predicted molar refractivity (Wildman–Crippen MR) is 79.4 cm³/mol. The Morgan fingerprint density at radius 1 is 1.35 bits per heavy atom. The average molecular weight is 320 g/mol. The van der Waals surface area contributed by atoms with E-state index >= 15 is 0 Å². The van der Waals surface area contributed by atoms with Crippen LogP contribution in [-0.2, 0) is 15.9 Å². The van der Waals surface area contributed by atoms with E-state index in [9.17, 15) is 8.42 Å². The molecule has 0 atom stereocenters. The van der Waals surface area contributed by atoms with E-state index in [-0.39, 0.29) is 16.8 Å². The van der Waals surface area contributed by atoms with Crippen molar-refractivity contribution in [3.8, 4) is 0 Å². The Kier molecular flexibility index (Phi) is 4.82. The summed E-state index contributed by atoms with van der Waals surface area (Å²) in [4.78, 5) is 0.245. The second-order valence-corrected chi connectivity index (χ2v) is 7.93. The van der Waals surface area contributed by atoms with Crippen LogP contribution >= 0.6 is 11.6 Å². The summed E-state index contributed by atoms with van der Waals surface area (Å²) < 4.78 is 32.2. The minimum atomic E-state index is -3.50. The summed E-state index contributed by atoms with van der Waals surface area (Å²) in [5.74, 6) is 1.78. The fraction of sp³-hybridized carbons (Fsp3) is 0.714. The van der Waals surface area contributed by atoms with Crippen molar-refractivity contribution in [2.45, 2.75) is 56.3 Å². The number of hydrogen-bond donors (Lipinski definition) is 0. The van der Waals surface area contributed by atoms with Crippen LogP contribution in [-0.4, -0.2) is 25.8 Å². The van der Waals surface area contributed by atoms with Crippen LogP contribution in [0.2, 0.25) is 0 Å². The Bertz CT molecular complexity index is 559. The van der Waals surface area contributed by atoms with Crippen molar-refractivity contribution in [2.75, 3.05) is 7.05 Å². The molecule has 0 saturated heterocycles. The normalized spacial score (nSPS) is 24.2. The fourth-order valence-corrected chi connectivity index (χ4v) is 4.53. The lowest BCUT2D eigenvalue weighted by Gasteiger charge is -2.32. The van der Waals surface area contributed by atoms with E-state index in [1.807, 2.05) is 0 Å². The molecule has 1 heterocycles. The standard InChI is InChI=1S/C14H22ClNO3S/c1-10-4-6-12(7-5-10)16(3)20(17,18)14-8-13(9-15)19-11(14)2/h8,10,12H,4-7,9H2,1-3H3. The van der Waals surface area contributed by atoms with Crippen molar-refractivity contribution in [1.29, 1.82) is 0 Å². The Labute approximate surface area is 126 Å². The summed E-state index contributed by atoms with van der Waals surface area (Å²) in [5.41, 5.74) is 0. The molecule has 0 spiro atoms. The zero-order valence-electron chi connectivity index (χ0n) is 12.2. The van der Waals surface area contributed by atoms with Gasteiger partial charge in [-0.05, 0) is 38.5 Å². The third-order valence-electron chi connectivity index (χ3n) is 4.21. The van der Waals surface area contributed by atoms with Crippen LogP contribution < -0.4 is 0 Å². The van der Waals surface area contributed by atoms with E-state index in [4.69, 9.17) is 16.0 Å². The van der Waals surface area contributed by atoms with Gasteiger partial charge in [0.05, 0.1) is 5.88 Å². The van der Waals surface area contributed by atoms with Crippen LogP contribution in [0, 0.1) is 12.8 Å². The van der Waals surface area contributed by atoms with Gasteiger partial charge in [0, 0.05) is 19.2 Å². The number of furan rings is 1. The van der Waals surface area contributed by atoms with Gasteiger partial charge in [0.15, 0.2) is 0 Å². The van der Waals surface area contributed by atoms with Crippen molar-refractivity contribution in [3.05, 3.63) is 17.6 Å². The van der Waals surface area contributed by atoms with Crippen LogP contribution in [0.1, 0.15) is 44.1 Å². The van der Waals surface area contributed by atoms with Crippen molar-refractivity contribution < 1.29 is 12.8 Å². The van der Waals surface area contributed by atoms with E-state index in [1.165, 1.54) is 4.31 Å².